The molecule has 0 aliphatic rings. The van der Waals surface area contributed by atoms with Gasteiger partial charge in [-0.25, -0.2) is 4.99 Å². The van der Waals surface area contributed by atoms with Crippen LogP contribution in [0.15, 0.2) is 23.2 Å². The van der Waals surface area contributed by atoms with Crippen molar-refractivity contribution in [2.24, 2.45) is 4.99 Å². The maximum absolute atomic E-state index is 10.6. The summed E-state index contributed by atoms with van der Waals surface area (Å²) in [7, 11) is 0. The standard InChI is InChI=1S/C10H10N4O2S/c1-7-5-8(3-4-9(7)14(15)16)13-10(17-2)12-6-11/h3-5H,1-2H3,(H,12,13). The molecular weight excluding hydrogens is 240 g/mol. The van der Waals surface area contributed by atoms with Gasteiger partial charge in [0.2, 0.25) is 0 Å². The van der Waals surface area contributed by atoms with Gasteiger partial charge in [0.25, 0.3) is 5.69 Å². The number of aliphatic imine (C=N–C) groups is 1. The van der Waals surface area contributed by atoms with Gasteiger partial charge in [-0.15, -0.1) is 0 Å². The highest BCUT2D eigenvalue weighted by atomic mass is 32.2. The molecular formula is C10H10N4O2S. The molecule has 1 aromatic carbocycles. The van der Waals surface area contributed by atoms with Gasteiger partial charge in [0.15, 0.2) is 11.4 Å². The minimum atomic E-state index is -0.439. The molecule has 0 radical (unpaired) electrons. The van der Waals surface area contributed by atoms with Crippen LogP contribution in [-0.2, 0) is 0 Å². The molecule has 0 aromatic heterocycles. The van der Waals surface area contributed by atoms with Gasteiger partial charge >= 0.3 is 0 Å². The van der Waals surface area contributed by atoms with Crippen LogP contribution in [0.5, 0.6) is 0 Å². The Morgan fingerprint density at radius 3 is 2.82 bits per heavy atom. The van der Waals surface area contributed by atoms with Crippen molar-refractivity contribution in [1.29, 1.82) is 5.26 Å². The predicted molar refractivity (Wildman–Crippen MR) is 67.2 cm³/mol. The van der Waals surface area contributed by atoms with Crippen molar-refractivity contribution in [3.05, 3.63) is 33.9 Å². The van der Waals surface area contributed by atoms with Crippen LogP contribution in [0.25, 0.3) is 0 Å². The Morgan fingerprint density at radius 2 is 2.35 bits per heavy atom. The van der Waals surface area contributed by atoms with Gasteiger partial charge in [-0.2, -0.15) is 5.26 Å². The number of hydrogen-bond acceptors (Lipinski definition) is 5. The molecule has 7 heteroatoms. The number of thioether (sulfide) groups is 1. The van der Waals surface area contributed by atoms with Gasteiger partial charge in [0.05, 0.1) is 10.6 Å². The van der Waals surface area contributed by atoms with E-state index in [-0.39, 0.29) is 5.69 Å². The van der Waals surface area contributed by atoms with Crippen LogP contribution in [0.3, 0.4) is 0 Å². The molecule has 88 valence electrons. The highest BCUT2D eigenvalue weighted by Crippen LogP contribution is 2.23. The predicted octanol–water partition coefficient (Wildman–Crippen LogP) is 2.32. The van der Waals surface area contributed by atoms with Crippen LogP contribution < -0.4 is 5.32 Å². The number of hydrogen-bond donors (Lipinski definition) is 1. The SMILES string of the molecule is CSC(=Nc1ccc([N+](=O)[O-])c(C)c1)NC#N. The molecule has 0 amide bonds. The fourth-order valence-corrected chi connectivity index (χ4v) is 1.55. The van der Waals surface area contributed by atoms with E-state index in [1.54, 1.807) is 31.5 Å². The van der Waals surface area contributed by atoms with Crippen molar-refractivity contribution in [1.82, 2.24) is 5.32 Å². The van der Waals surface area contributed by atoms with Gasteiger partial charge in [-0.3, -0.25) is 15.4 Å². The maximum atomic E-state index is 10.6. The van der Waals surface area contributed by atoms with E-state index in [1.807, 2.05) is 0 Å². The highest BCUT2D eigenvalue weighted by Gasteiger charge is 2.10. The van der Waals surface area contributed by atoms with E-state index in [4.69, 9.17) is 5.26 Å². The molecule has 0 bridgehead atoms. The van der Waals surface area contributed by atoms with Gasteiger partial charge in [-0.1, -0.05) is 11.8 Å². The first-order chi connectivity index (χ1) is 8.08. The topological polar surface area (TPSA) is 91.3 Å². The third kappa shape index (κ3) is 3.46. The van der Waals surface area contributed by atoms with Crippen molar-refractivity contribution >= 4 is 28.3 Å². The lowest BCUT2D eigenvalue weighted by molar-refractivity contribution is -0.385. The second-order valence-electron chi connectivity index (χ2n) is 3.09. The maximum Gasteiger partial charge on any atom is 0.272 e. The first-order valence-electron chi connectivity index (χ1n) is 4.61. The summed E-state index contributed by atoms with van der Waals surface area (Å²) < 4.78 is 0. The summed E-state index contributed by atoms with van der Waals surface area (Å²) >= 11 is 1.29. The summed E-state index contributed by atoms with van der Waals surface area (Å²) in [5.41, 5.74) is 1.16. The van der Waals surface area contributed by atoms with Crippen LogP contribution in [0.2, 0.25) is 0 Å². The highest BCUT2D eigenvalue weighted by molar-refractivity contribution is 8.13. The molecule has 0 heterocycles. The zero-order valence-electron chi connectivity index (χ0n) is 9.30. The summed E-state index contributed by atoms with van der Waals surface area (Å²) in [6.07, 6.45) is 3.55. The number of amidine groups is 1. The molecule has 0 atom stereocenters. The number of aryl methyl sites for hydroxylation is 1. The van der Waals surface area contributed by atoms with E-state index in [1.165, 1.54) is 17.8 Å². The number of rotatable bonds is 2. The second kappa shape index (κ2) is 5.86. The molecule has 0 aliphatic carbocycles. The molecule has 0 aliphatic heterocycles. The summed E-state index contributed by atoms with van der Waals surface area (Å²) in [4.78, 5) is 14.3. The fourth-order valence-electron chi connectivity index (χ4n) is 1.20. The van der Waals surface area contributed by atoms with E-state index in [0.29, 0.717) is 16.4 Å². The molecule has 0 unspecified atom stereocenters. The molecule has 1 aromatic rings. The molecule has 6 nitrogen and oxygen atoms in total. The number of benzene rings is 1. The molecule has 0 spiro atoms. The molecule has 0 saturated carbocycles. The van der Waals surface area contributed by atoms with Gasteiger partial charge in [-0.05, 0) is 25.3 Å². The third-order valence-electron chi connectivity index (χ3n) is 1.96. The number of nitriles is 1. The van der Waals surface area contributed by atoms with E-state index < -0.39 is 4.92 Å². The lowest BCUT2D eigenvalue weighted by atomic mass is 10.2. The third-order valence-corrected chi connectivity index (χ3v) is 2.54. The summed E-state index contributed by atoms with van der Waals surface area (Å²) in [6.45, 7) is 1.65. The normalized spacial score (nSPS) is 10.8. The van der Waals surface area contributed by atoms with Crippen molar-refractivity contribution < 1.29 is 4.92 Å². The zero-order valence-corrected chi connectivity index (χ0v) is 10.1. The molecule has 1 rings (SSSR count). The molecule has 17 heavy (non-hydrogen) atoms. The summed E-state index contributed by atoms with van der Waals surface area (Å²) in [5.74, 6) is 0. The number of nitrogens with zero attached hydrogens (tertiary/aromatic N) is 3. The Labute approximate surface area is 103 Å². The largest absolute Gasteiger partial charge is 0.272 e. The molecule has 0 saturated heterocycles. The van der Waals surface area contributed by atoms with Crippen LogP contribution in [0, 0.1) is 28.5 Å². The van der Waals surface area contributed by atoms with E-state index in [2.05, 4.69) is 10.3 Å². The Morgan fingerprint density at radius 1 is 1.65 bits per heavy atom. The monoisotopic (exact) mass is 250 g/mol. The fraction of sp³-hybridized carbons (Fsp3) is 0.200. The minimum absolute atomic E-state index is 0.0582. The summed E-state index contributed by atoms with van der Waals surface area (Å²) in [5, 5.41) is 22.0. The molecule has 1 N–H and O–H groups in total. The van der Waals surface area contributed by atoms with Crippen LogP contribution in [0.4, 0.5) is 11.4 Å². The Kier molecular flexibility index (Phi) is 4.48. The quantitative estimate of drug-likeness (QED) is 0.217. The van der Waals surface area contributed by atoms with Crippen molar-refractivity contribution in [2.75, 3.05) is 6.26 Å². The van der Waals surface area contributed by atoms with Crippen molar-refractivity contribution in [3.63, 3.8) is 0 Å². The lowest BCUT2D eigenvalue weighted by Crippen LogP contribution is -2.12. The first-order valence-corrected chi connectivity index (χ1v) is 5.83. The summed E-state index contributed by atoms with van der Waals surface area (Å²) in [6, 6.07) is 4.55. The lowest BCUT2D eigenvalue weighted by Gasteiger charge is -2.01. The average molecular weight is 250 g/mol. The van der Waals surface area contributed by atoms with Gasteiger partial charge in [0.1, 0.15) is 0 Å². The smallest absolute Gasteiger partial charge is 0.271 e. The van der Waals surface area contributed by atoms with Crippen molar-refractivity contribution in [2.45, 2.75) is 6.92 Å². The Bertz CT molecular complexity index is 508. The van der Waals surface area contributed by atoms with Crippen molar-refractivity contribution in [3.8, 4) is 6.19 Å². The average Bonchev–Trinajstić information content (AvgIpc) is 2.28. The minimum Gasteiger partial charge on any atom is -0.271 e. The first kappa shape index (κ1) is 13.0. The Hall–Kier alpha value is -2.07. The van der Waals surface area contributed by atoms with E-state index >= 15 is 0 Å². The van der Waals surface area contributed by atoms with Crippen LogP contribution >= 0.6 is 11.8 Å². The number of nitrogens with one attached hydrogen (secondary N) is 1. The van der Waals surface area contributed by atoms with E-state index in [0.717, 1.165) is 0 Å². The molecule has 0 fully saturated rings. The Balaban J connectivity index is 3.06. The number of nitro groups is 1. The van der Waals surface area contributed by atoms with Gasteiger partial charge < -0.3 is 0 Å². The van der Waals surface area contributed by atoms with Crippen LogP contribution in [-0.4, -0.2) is 16.3 Å². The van der Waals surface area contributed by atoms with Crippen LogP contribution in [0.1, 0.15) is 5.56 Å². The zero-order chi connectivity index (χ0) is 12.8. The number of nitro benzene ring substituents is 1. The van der Waals surface area contributed by atoms with Gasteiger partial charge in [0, 0.05) is 11.6 Å². The second-order valence-corrected chi connectivity index (χ2v) is 3.88. The van der Waals surface area contributed by atoms with E-state index in [9.17, 15) is 10.1 Å².